The smallest absolute Gasteiger partial charge is 0.291 e. The normalized spacial score (nSPS) is 15.6. The number of sulfonamides is 1. The first-order chi connectivity index (χ1) is 11.2. The van der Waals surface area contributed by atoms with Crippen LogP contribution in [-0.4, -0.2) is 27.0 Å². The molecule has 1 amide bonds. The number of benzene rings is 1. The van der Waals surface area contributed by atoms with E-state index in [9.17, 15) is 13.2 Å². The average Bonchev–Trinajstić information content (AvgIpc) is 3.11. The van der Waals surface area contributed by atoms with Gasteiger partial charge in [0.25, 0.3) is 15.9 Å². The molecule has 1 aliphatic heterocycles. The van der Waals surface area contributed by atoms with Crippen molar-refractivity contribution in [1.82, 2.24) is 4.72 Å². The summed E-state index contributed by atoms with van der Waals surface area (Å²) in [5.41, 5.74) is 1.20. The Morgan fingerprint density at radius 2 is 1.96 bits per heavy atom. The molecule has 2 heterocycles. The molecule has 8 heteroatoms. The SMILES string of the molecule is CNS(=O)(=O)c1ccc(C(=O)Nc2cccc3c2OC(C)(C)C3)o1. The number of anilines is 1. The summed E-state index contributed by atoms with van der Waals surface area (Å²) in [6.45, 7) is 3.94. The zero-order valence-electron chi connectivity index (χ0n) is 13.5. The number of hydrogen-bond donors (Lipinski definition) is 2. The maximum Gasteiger partial charge on any atom is 0.291 e. The third kappa shape index (κ3) is 3.02. The maximum atomic E-state index is 12.3. The van der Waals surface area contributed by atoms with Gasteiger partial charge in [0.2, 0.25) is 5.09 Å². The van der Waals surface area contributed by atoms with Crippen LogP contribution in [0.15, 0.2) is 39.8 Å². The van der Waals surface area contributed by atoms with Gasteiger partial charge in [-0.25, -0.2) is 13.1 Å². The molecule has 2 aromatic rings. The fourth-order valence-electron chi connectivity index (χ4n) is 2.59. The van der Waals surface area contributed by atoms with Crippen molar-refractivity contribution >= 4 is 21.6 Å². The van der Waals surface area contributed by atoms with Gasteiger partial charge in [-0.1, -0.05) is 12.1 Å². The minimum atomic E-state index is -3.73. The summed E-state index contributed by atoms with van der Waals surface area (Å²) in [6.07, 6.45) is 0.747. The molecule has 2 N–H and O–H groups in total. The van der Waals surface area contributed by atoms with Gasteiger partial charge < -0.3 is 14.5 Å². The van der Waals surface area contributed by atoms with E-state index in [0.29, 0.717) is 11.4 Å². The molecule has 0 spiro atoms. The van der Waals surface area contributed by atoms with Crippen LogP contribution in [0.2, 0.25) is 0 Å². The first kappa shape index (κ1) is 16.5. The number of furan rings is 1. The number of fused-ring (bicyclic) bond motifs is 1. The zero-order valence-corrected chi connectivity index (χ0v) is 14.4. The van der Waals surface area contributed by atoms with E-state index < -0.39 is 15.9 Å². The van der Waals surface area contributed by atoms with Gasteiger partial charge in [0, 0.05) is 12.0 Å². The second kappa shape index (κ2) is 5.64. The molecule has 0 aliphatic carbocycles. The van der Waals surface area contributed by atoms with E-state index in [0.717, 1.165) is 12.0 Å². The summed E-state index contributed by atoms with van der Waals surface area (Å²) >= 11 is 0. The first-order valence-corrected chi connectivity index (χ1v) is 8.86. The molecular formula is C16H18N2O5S. The van der Waals surface area contributed by atoms with E-state index in [4.69, 9.17) is 9.15 Å². The fourth-order valence-corrected chi connectivity index (χ4v) is 3.23. The minimum Gasteiger partial charge on any atom is -0.485 e. The molecule has 1 aliphatic rings. The lowest BCUT2D eigenvalue weighted by molar-refractivity contribution is 0.0989. The number of carbonyl (C=O) groups excluding carboxylic acids is 1. The van der Waals surface area contributed by atoms with Crippen molar-refractivity contribution in [2.75, 3.05) is 12.4 Å². The van der Waals surface area contributed by atoms with Gasteiger partial charge in [-0.15, -0.1) is 0 Å². The third-order valence-electron chi connectivity index (χ3n) is 3.68. The Labute approximate surface area is 140 Å². The molecule has 0 bridgehead atoms. The molecule has 0 saturated heterocycles. The highest BCUT2D eigenvalue weighted by Gasteiger charge is 2.32. The van der Waals surface area contributed by atoms with Crippen molar-refractivity contribution in [3.05, 3.63) is 41.7 Å². The van der Waals surface area contributed by atoms with E-state index >= 15 is 0 Å². The fraction of sp³-hybridized carbons (Fsp3) is 0.312. The summed E-state index contributed by atoms with van der Waals surface area (Å²) in [5, 5.41) is 2.39. The topological polar surface area (TPSA) is 97.6 Å². The molecule has 0 saturated carbocycles. The van der Waals surface area contributed by atoms with Gasteiger partial charge in [-0.05, 0) is 39.1 Å². The van der Waals surface area contributed by atoms with Crippen molar-refractivity contribution in [2.45, 2.75) is 31.0 Å². The largest absolute Gasteiger partial charge is 0.485 e. The maximum absolute atomic E-state index is 12.3. The second-order valence-electron chi connectivity index (χ2n) is 6.11. The number of rotatable bonds is 4. The number of ether oxygens (including phenoxy) is 1. The quantitative estimate of drug-likeness (QED) is 0.880. The lowest BCUT2D eigenvalue weighted by Gasteiger charge is -2.18. The molecule has 1 aromatic carbocycles. The standard InChI is InChI=1S/C16H18N2O5S/c1-16(2)9-10-5-4-6-11(14(10)23-16)18-15(19)12-7-8-13(22-12)24(20,21)17-3/h4-8,17H,9H2,1-3H3,(H,18,19). The molecule has 0 atom stereocenters. The molecule has 1 aromatic heterocycles. The molecule has 0 radical (unpaired) electrons. The van der Waals surface area contributed by atoms with Gasteiger partial charge in [0.05, 0.1) is 5.69 Å². The molecular weight excluding hydrogens is 332 g/mol. The molecule has 3 rings (SSSR count). The Balaban J connectivity index is 1.84. The van der Waals surface area contributed by atoms with E-state index in [-0.39, 0.29) is 16.5 Å². The van der Waals surface area contributed by atoms with Gasteiger partial charge in [0.1, 0.15) is 11.4 Å². The number of carbonyl (C=O) groups is 1. The lowest BCUT2D eigenvalue weighted by atomic mass is 10.0. The van der Waals surface area contributed by atoms with Crippen molar-refractivity contribution in [3.63, 3.8) is 0 Å². The summed E-state index contributed by atoms with van der Waals surface area (Å²) in [4.78, 5) is 12.3. The van der Waals surface area contributed by atoms with E-state index in [1.165, 1.54) is 19.2 Å². The molecule has 24 heavy (non-hydrogen) atoms. The van der Waals surface area contributed by atoms with E-state index in [2.05, 4.69) is 10.0 Å². The average molecular weight is 350 g/mol. The summed E-state index contributed by atoms with van der Waals surface area (Å²) in [5.74, 6) is -0.0154. The van der Waals surface area contributed by atoms with Crippen molar-refractivity contribution < 1.29 is 22.4 Å². The van der Waals surface area contributed by atoms with Crippen LogP contribution < -0.4 is 14.8 Å². The third-order valence-corrected chi connectivity index (χ3v) is 4.96. The van der Waals surface area contributed by atoms with Crippen LogP contribution in [0.3, 0.4) is 0 Å². The Kier molecular flexibility index (Phi) is 3.89. The van der Waals surface area contributed by atoms with Gasteiger partial charge in [-0.2, -0.15) is 0 Å². The summed E-state index contributed by atoms with van der Waals surface area (Å²) in [6, 6.07) is 8.05. The number of nitrogens with one attached hydrogen (secondary N) is 2. The van der Waals surface area contributed by atoms with Crippen LogP contribution in [0.1, 0.15) is 30.0 Å². The van der Waals surface area contributed by atoms with Gasteiger partial charge in [-0.3, -0.25) is 4.79 Å². The van der Waals surface area contributed by atoms with Crippen molar-refractivity contribution in [1.29, 1.82) is 0 Å². The Morgan fingerprint density at radius 3 is 2.67 bits per heavy atom. The highest BCUT2D eigenvalue weighted by molar-refractivity contribution is 7.89. The van der Waals surface area contributed by atoms with Gasteiger partial charge >= 0.3 is 0 Å². The molecule has 0 fully saturated rings. The van der Waals surface area contributed by atoms with E-state index in [1.807, 2.05) is 26.0 Å². The molecule has 7 nitrogen and oxygen atoms in total. The summed E-state index contributed by atoms with van der Waals surface area (Å²) < 4.78 is 36.5. The predicted molar refractivity (Wildman–Crippen MR) is 87.8 cm³/mol. The Morgan fingerprint density at radius 1 is 1.21 bits per heavy atom. The van der Waals surface area contributed by atoms with Crippen LogP contribution in [0.4, 0.5) is 5.69 Å². The number of hydrogen-bond acceptors (Lipinski definition) is 5. The Bertz CT molecular complexity index is 899. The predicted octanol–water partition coefficient (Wildman–Crippen LogP) is 2.15. The summed E-state index contributed by atoms with van der Waals surface area (Å²) in [7, 11) is -2.46. The molecule has 128 valence electrons. The second-order valence-corrected chi connectivity index (χ2v) is 7.93. The van der Waals surface area contributed by atoms with Crippen molar-refractivity contribution in [2.24, 2.45) is 0 Å². The minimum absolute atomic E-state index is 0.0984. The van der Waals surface area contributed by atoms with Crippen LogP contribution in [0, 0.1) is 0 Å². The highest BCUT2D eigenvalue weighted by atomic mass is 32.2. The number of amides is 1. The van der Waals surface area contributed by atoms with Crippen LogP contribution >= 0.6 is 0 Å². The number of para-hydroxylation sites is 1. The van der Waals surface area contributed by atoms with Crippen LogP contribution in [0.5, 0.6) is 5.75 Å². The zero-order chi connectivity index (χ0) is 17.5. The Hall–Kier alpha value is -2.32. The van der Waals surface area contributed by atoms with Crippen LogP contribution in [0.25, 0.3) is 0 Å². The monoisotopic (exact) mass is 350 g/mol. The first-order valence-electron chi connectivity index (χ1n) is 7.37. The van der Waals surface area contributed by atoms with Gasteiger partial charge in [0.15, 0.2) is 5.76 Å². The van der Waals surface area contributed by atoms with Crippen LogP contribution in [-0.2, 0) is 16.4 Å². The lowest BCUT2D eigenvalue weighted by Crippen LogP contribution is -2.25. The molecule has 0 unspecified atom stereocenters. The van der Waals surface area contributed by atoms with E-state index in [1.54, 1.807) is 6.07 Å². The van der Waals surface area contributed by atoms with Crippen molar-refractivity contribution in [3.8, 4) is 5.75 Å². The highest BCUT2D eigenvalue weighted by Crippen LogP contribution is 2.40.